The van der Waals surface area contributed by atoms with E-state index in [9.17, 15) is 14.4 Å². The third-order valence-corrected chi connectivity index (χ3v) is 5.65. The topological polar surface area (TPSA) is 100 Å². The lowest BCUT2D eigenvalue weighted by molar-refractivity contribution is 0.0663. The molecular formula is C23H25ClN6O3. The van der Waals surface area contributed by atoms with Crippen LogP contribution in [0.2, 0.25) is 5.02 Å². The number of halogens is 1. The zero-order chi connectivity index (χ0) is 23.5. The average molecular weight is 469 g/mol. The minimum atomic E-state index is -0.442. The molecule has 1 aliphatic heterocycles. The van der Waals surface area contributed by atoms with Crippen molar-refractivity contribution in [3.63, 3.8) is 0 Å². The molecule has 4 rings (SSSR count). The SMILES string of the molecule is CC(C)Cn1c(=O)c(C(=O)N2CCN(C(=O)Nc3ccc(Cl)cc3)CC2)nc2cccnc21. The molecule has 1 fully saturated rings. The van der Waals surface area contributed by atoms with Gasteiger partial charge in [-0.25, -0.2) is 14.8 Å². The number of urea groups is 1. The molecule has 0 aliphatic carbocycles. The van der Waals surface area contributed by atoms with E-state index in [1.54, 1.807) is 52.4 Å². The third kappa shape index (κ3) is 4.98. The van der Waals surface area contributed by atoms with Crippen LogP contribution in [0, 0.1) is 5.92 Å². The number of fused-ring (bicyclic) bond motifs is 1. The van der Waals surface area contributed by atoms with Crippen LogP contribution in [-0.4, -0.2) is 62.5 Å². The van der Waals surface area contributed by atoms with Crippen LogP contribution in [-0.2, 0) is 6.54 Å². The Hall–Kier alpha value is -3.46. The van der Waals surface area contributed by atoms with Crippen molar-refractivity contribution in [1.82, 2.24) is 24.3 Å². The molecule has 0 unspecified atom stereocenters. The van der Waals surface area contributed by atoms with Crippen LogP contribution < -0.4 is 10.9 Å². The van der Waals surface area contributed by atoms with Gasteiger partial charge >= 0.3 is 6.03 Å². The van der Waals surface area contributed by atoms with Crippen molar-refractivity contribution in [3.05, 3.63) is 63.7 Å². The van der Waals surface area contributed by atoms with E-state index in [1.165, 1.54) is 4.57 Å². The van der Waals surface area contributed by atoms with Crippen LogP contribution in [0.15, 0.2) is 47.4 Å². The Labute approximate surface area is 196 Å². The van der Waals surface area contributed by atoms with Crippen LogP contribution in [0.25, 0.3) is 11.2 Å². The van der Waals surface area contributed by atoms with Crippen LogP contribution in [0.1, 0.15) is 24.3 Å². The molecule has 1 aromatic carbocycles. The maximum Gasteiger partial charge on any atom is 0.321 e. The van der Waals surface area contributed by atoms with Gasteiger partial charge in [-0.15, -0.1) is 0 Å². The maximum absolute atomic E-state index is 13.2. The summed E-state index contributed by atoms with van der Waals surface area (Å²) < 4.78 is 1.52. The van der Waals surface area contributed by atoms with Gasteiger partial charge in [0.15, 0.2) is 11.3 Å². The second-order valence-electron chi connectivity index (χ2n) is 8.33. The first-order valence-electron chi connectivity index (χ1n) is 10.8. The van der Waals surface area contributed by atoms with E-state index in [4.69, 9.17) is 11.6 Å². The van der Waals surface area contributed by atoms with Gasteiger partial charge in [0.1, 0.15) is 5.52 Å². The van der Waals surface area contributed by atoms with E-state index in [2.05, 4.69) is 15.3 Å². The van der Waals surface area contributed by atoms with Gasteiger partial charge in [-0.05, 0) is 42.3 Å². The molecule has 3 heterocycles. The second kappa shape index (κ2) is 9.58. The summed E-state index contributed by atoms with van der Waals surface area (Å²) in [5.41, 5.74) is 1.05. The summed E-state index contributed by atoms with van der Waals surface area (Å²) in [7, 11) is 0. The summed E-state index contributed by atoms with van der Waals surface area (Å²) in [6.07, 6.45) is 1.61. The first-order chi connectivity index (χ1) is 15.8. The van der Waals surface area contributed by atoms with Crippen molar-refractivity contribution in [1.29, 1.82) is 0 Å². The van der Waals surface area contributed by atoms with E-state index in [0.717, 1.165) is 0 Å². The molecule has 172 valence electrons. The van der Waals surface area contributed by atoms with Gasteiger partial charge in [-0.2, -0.15) is 0 Å². The largest absolute Gasteiger partial charge is 0.334 e. The summed E-state index contributed by atoms with van der Waals surface area (Å²) in [5, 5.41) is 3.41. The van der Waals surface area contributed by atoms with Crippen LogP contribution in [0.3, 0.4) is 0 Å². The number of carbonyl (C=O) groups is 2. The molecule has 0 saturated carbocycles. The Morgan fingerprint density at radius 1 is 1.06 bits per heavy atom. The minimum absolute atomic E-state index is 0.116. The molecule has 2 aromatic heterocycles. The highest BCUT2D eigenvalue weighted by Gasteiger charge is 2.28. The standard InChI is InChI=1S/C23H25ClN6O3/c1-15(2)14-30-20-18(4-3-9-25-20)27-19(22(30)32)21(31)28-10-12-29(13-11-28)23(33)26-17-7-5-16(24)6-8-17/h3-9,15H,10-14H2,1-2H3,(H,26,33). The number of carbonyl (C=O) groups excluding carboxylic acids is 2. The van der Waals surface area contributed by atoms with Crippen molar-refractivity contribution in [2.24, 2.45) is 5.92 Å². The number of hydrogen-bond acceptors (Lipinski definition) is 5. The molecule has 3 aromatic rings. The van der Waals surface area contributed by atoms with Crippen LogP contribution in [0.5, 0.6) is 0 Å². The van der Waals surface area contributed by atoms with Crippen LogP contribution >= 0.6 is 11.6 Å². The van der Waals surface area contributed by atoms with Crippen molar-refractivity contribution >= 4 is 40.4 Å². The molecule has 0 spiro atoms. The van der Waals surface area contributed by atoms with Crippen molar-refractivity contribution in [2.45, 2.75) is 20.4 Å². The molecule has 1 N–H and O–H groups in total. The predicted molar refractivity (Wildman–Crippen MR) is 127 cm³/mol. The quantitative estimate of drug-likeness (QED) is 0.634. The number of anilines is 1. The Balaban J connectivity index is 1.48. The van der Waals surface area contributed by atoms with Gasteiger partial charge in [0, 0.05) is 49.6 Å². The number of hydrogen-bond donors (Lipinski definition) is 1. The Bertz CT molecular complexity index is 1230. The van der Waals surface area contributed by atoms with E-state index in [1.807, 2.05) is 13.8 Å². The molecule has 1 saturated heterocycles. The zero-order valence-corrected chi connectivity index (χ0v) is 19.2. The third-order valence-electron chi connectivity index (χ3n) is 5.40. The molecule has 3 amide bonds. The van der Waals surface area contributed by atoms with Gasteiger partial charge < -0.3 is 15.1 Å². The maximum atomic E-state index is 13.2. The first kappa shape index (κ1) is 22.7. The molecule has 10 heteroatoms. The fraction of sp³-hybridized carbons (Fsp3) is 0.348. The lowest BCUT2D eigenvalue weighted by Crippen LogP contribution is -2.52. The van der Waals surface area contributed by atoms with Crippen molar-refractivity contribution in [2.75, 3.05) is 31.5 Å². The fourth-order valence-electron chi connectivity index (χ4n) is 3.75. The molecule has 0 bridgehead atoms. The Kier molecular flexibility index (Phi) is 6.60. The van der Waals surface area contributed by atoms with Gasteiger partial charge in [0.25, 0.3) is 11.5 Å². The normalized spacial score (nSPS) is 14.1. The summed E-state index contributed by atoms with van der Waals surface area (Å²) in [5.74, 6) is -0.234. The number of nitrogens with zero attached hydrogens (tertiary/aromatic N) is 5. The zero-order valence-electron chi connectivity index (χ0n) is 18.5. The average Bonchev–Trinajstić information content (AvgIpc) is 2.81. The summed E-state index contributed by atoms with van der Waals surface area (Å²) in [6.45, 7) is 5.75. The van der Waals surface area contributed by atoms with Gasteiger partial charge in [0.05, 0.1) is 0 Å². The Morgan fingerprint density at radius 3 is 2.39 bits per heavy atom. The smallest absolute Gasteiger partial charge is 0.321 e. The number of piperazine rings is 1. The van der Waals surface area contributed by atoms with E-state index < -0.39 is 11.5 Å². The number of benzene rings is 1. The first-order valence-corrected chi connectivity index (χ1v) is 11.2. The minimum Gasteiger partial charge on any atom is -0.334 e. The van der Waals surface area contributed by atoms with Crippen molar-refractivity contribution < 1.29 is 9.59 Å². The highest BCUT2D eigenvalue weighted by Crippen LogP contribution is 2.15. The van der Waals surface area contributed by atoms with Gasteiger partial charge in [-0.1, -0.05) is 25.4 Å². The monoisotopic (exact) mass is 468 g/mol. The number of amides is 3. The lowest BCUT2D eigenvalue weighted by atomic mass is 10.2. The van der Waals surface area contributed by atoms with Gasteiger partial charge in [0.2, 0.25) is 0 Å². The van der Waals surface area contributed by atoms with E-state index in [0.29, 0.717) is 54.6 Å². The van der Waals surface area contributed by atoms with E-state index >= 15 is 0 Å². The molecule has 33 heavy (non-hydrogen) atoms. The van der Waals surface area contributed by atoms with E-state index in [-0.39, 0.29) is 17.6 Å². The number of nitrogens with one attached hydrogen (secondary N) is 1. The molecule has 0 radical (unpaired) electrons. The summed E-state index contributed by atoms with van der Waals surface area (Å²) >= 11 is 5.88. The van der Waals surface area contributed by atoms with Gasteiger partial charge in [-0.3, -0.25) is 14.2 Å². The summed E-state index contributed by atoms with van der Waals surface area (Å²) in [4.78, 5) is 50.7. The highest BCUT2D eigenvalue weighted by atomic mass is 35.5. The van der Waals surface area contributed by atoms with Crippen molar-refractivity contribution in [3.8, 4) is 0 Å². The molecule has 0 atom stereocenters. The van der Waals surface area contributed by atoms with Crippen LogP contribution in [0.4, 0.5) is 10.5 Å². The number of aromatic nitrogens is 3. The predicted octanol–water partition coefficient (Wildman–Crippen LogP) is 3.09. The highest BCUT2D eigenvalue weighted by molar-refractivity contribution is 6.30. The number of rotatable bonds is 4. The molecular weight excluding hydrogens is 444 g/mol. The fourth-order valence-corrected chi connectivity index (χ4v) is 3.87. The summed E-state index contributed by atoms with van der Waals surface area (Å²) in [6, 6.07) is 10.1. The molecule has 1 aliphatic rings. The number of pyridine rings is 1. The second-order valence-corrected chi connectivity index (χ2v) is 8.77. The Morgan fingerprint density at radius 2 is 1.73 bits per heavy atom. The molecule has 9 nitrogen and oxygen atoms in total. The lowest BCUT2D eigenvalue weighted by Gasteiger charge is -2.34.